The first-order valence-corrected chi connectivity index (χ1v) is 8.09. The maximum atomic E-state index is 12.9. The van der Waals surface area contributed by atoms with Crippen molar-refractivity contribution in [1.82, 2.24) is 9.36 Å². The number of fused-ring (bicyclic) bond motifs is 1. The summed E-state index contributed by atoms with van der Waals surface area (Å²) < 4.78 is 3.92. The van der Waals surface area contributed by atoms with E-state index in [-0.39, 0.29) is 5.56 Å². The Kier molecular flexibility index (Phi) is 3.75. The third kappa shape index (κ3) is 2.65. The molecule has 0 aliphatic heterocycles. The van der Waals surface area contributed by atoms with Gasteiger partial charge in [-0.15, -0.1) is 0 Å². The Labute approximate surface area is 140 Å². The number of nitrogens with zero attached hydrogens (tertiary/aromatic N) is 2. The van der Waals surface area contributed by atoms with Gasteiger partial charge in [-0.25, -0.2) is 4.68 Å². The molecule has 0 radical (unpaired) electrons. The highest BCUT2D eigenvalue weighted by molar-refractivity contribution is 5.78. The van der Waals surface area contributed by atoms with E-state index in [0.29, 0.717) is 13.1 Å². The van der Waals surface area contributed by atoms with E-state index in [1.54, 1.807) is 0 Å². The molecule has 0 amide bonds. The molecule has 118 valence electrons. The van der Waals surface area contributed by atoms with Crippen LogP contribution >= 0.6 is 0 Å². The number of para-hydroxylation sites is 1. The van der Waals surface area contributed by atoms with Gasteiger partial charge in [0.15, 0.2) is 0 Å². The van der Waals surface area contributed by atoms with Gasteiger partial charge in [-0.3, -0.25) is 9.48 Å². The molecule has 0 saturated carbocycles. The fraction of sp³-hybridized carbons (Fsp3) is 0.0952. The molecule has 0 unspecified atom stereocenters. The molecule has 24 heavy (non-hydrogen) atoms. The molecule has 3 nitrogen and oxygen atoms in total. The molecule has 0 fully saturated rings. The summed E-state index contributed by atoms with van der Waals surface area (Å²) in [6, 6.07) is 28.2. The average Bonchev–Trinajstić information content (AvgIpc) is 2.90. The lowest BCUT2D eigenvalue weighted by atomic mass is 10.2. The van der Waals surface area contributed by atoms with E-state index in [4.69, 9.17) is 0 Å². The van der Waals surface area contributed by atoms with Crippen LogP contribution in [0.1, 0.15) is 11.1 Å². The molecule has 0 aliphatic rings. The molecule has 0 aliphatic carbocycles. The molecule has 1 heterocycles. The van der Waals surface area contributed by atoms with Gasteiger partial charge in [0.05, 0.1) is 24.0 Å². The molecule has 0 bridgehead atoms. The van der Waals surface area contributed by atoms with E-state index < -0.39 is 0 Å². The quantitative estimate of drug-likeness (QED) is 0.561. The predicted molar refractivity (Wildman–Crippen MR) is 97.3 cm³/mol. The fourth-order valence-electron chi connectivity index (χ4n) is 3.10. The number of benzene rings is 3. The van der Waals surface area contributed by atoms with Crippen molar-refractivity contribution in [2.75, 3.05) is 0 Å². The van der Waals surface area contributed by atoms with Crippen molar-refractivity contribution in [2.45, 2.75) is 13.1 Å². The summed E-state index contributed by atoms with van der Waals surface area (Å²) >= 11 is 0. The summed E-state index contributed by atoms with van der Waals surface area (Å²) in [6.45, 7) is 1.25. The van der Waals surface area contributed by atoms with Crippen molar-refractivity contribution < 1.29 is 0 Å². The number of hydrogen-bond acceptors (Lipinski definition) is 1. The van der Waals surface area contributed by atoms with Crippen LogP contribution in [0.15, 0.2) is 89.7 Å². The van der Waals surface area contributed by atoms with Crippen LogP contribution in [0.2, 0.25) is 0 Å². The first-order valence-electron chi connectivity index (χ1n) is 8.09. The highest BCUT2D eigenvalue weighted by Crippen LogP contribution is 2.15. The Hall–Kier alpha value is -3.07. The van der Waals surface area contributed by atoms with E-state index in [2.05, 4.69) is 28.9 Å². The Balaban J connectivity index is 1.86. The second-order valence-corrected chi connectivity index (χ2v) is 5.91. The molecular formula is C21H18N2O. The summed E-state index contributed by atoms with van der Waals surface area (Å²) in [4.78, 5) is 12.9. The summed E-state index contributed by atoms with van der Waals surface area (Å²) in [5.41, 5.74) is 3.34. The standard InChI is InChI=1S/C21H18N2O/c24-21-19-13-7-8-14-20(19)22(15-17-9-3-1-4-10-17)23(21)16-18-11-5-2-6-12-18/h1-14H,15-16H2. The average molecular weight is 314 g/mol. The summed E-state index contributed by atoms with van der Waals surface area (Å²) in [6.07, 6.45) is 0. The third-order valence-electron chi connectivity index (χ3n) is 4.29. The summed E-state index contributed by atoms with van der Waals surface area (Å²) in [5, 5.41) is 0.768. The maximum Gasteiger partial charge on any atom is 0.274 e. The van der Waals surface area contributed by atoms with Crippen LogP contribution in [-0.2, 0) is 13.1 Å². The molecule has 4 aromatic rings. The lowest BCUT2D eigenvalue weighted by molar-refractivity contribution is 0.516. The molecule has 0 spiro atoms. The Morgan fingerprint density at radius 1 is 0.583 bits per heavy atom. The minimum atomic E-state index is 0.0605. The maximum absolute atomic E-state index is 12.9. The van der Waals surface area contributed by atoms with Crippen molar-refractivity contribution in [3.05, 3.63) is 106 Å². The molecule has 0 atom stereocenters. The van der Waals surface area contributed by atoms with Gasteiger partial charge in [0.2, 0.25) is 0 Å². The van der Waals surface area contributed by atoms with Gasteiger partial charge >= 0.3 is 0 Å². The monoisotopic (exact) mass is 314 g/mol. The molecule has 0 saturated heterocycles. The topological polar surface area (TPSA) is 26.9 Å². The Morgan fingerprint density at radius 3 is 1.71 bits per heavy atom. The summed E-state index contributed by atoms with van der Waals surface area (Å²) in [5.74, 6) is 0. The fourth-order valence-corrected chi connectivity index (χ4v) is 3.10. The van der Waals surface area contributed by atoms with E-state index in [0.717, 1.165) is 16.5 Å². The highest BCUT2D eigenvalue weighted by atomic mass is 16.1. The third-order valence-corrected chi connectivity index (χ3v) is 4.29. The van der Waals surface area contributed by atoms with Gasteiger partial charge in [0.1, 0.15) is 0 Å². The molecular weight excluding hydrogens is 296 g/mol. The zero-order valence-electron chi connectivity index (χ0n) is 13.3. The van der Waals surface area contributed by atoms with Gasteiger partial charge in [-0.05, 0) is 23.3 Å². The summed E-state index contributed by atoms with van der Waals surface area (Å²) in [7, 11) is 0. The van der Waals surface area contributed by atoms with E-state index in [1.165, 1.54) is 5.56 Å². The lowest BCUT2D eigenvalue weighted by Crippen LogP contribution is -2.24. The second kappa shape index (κ2) is 6.20. The van der Waals surface area contributed by atoms with Crippen molar-refractivity contribution >= 4 is 10.9 Å². The molecule has 4 rings (SSSR count). The van der Waals surface area contributed by atoms with Crippen LogP contribution < -0.4 is 5.56 Å². The van der Waals surface area contributed by atoms with Gasteiger partial charge in [-0.1, -0.05) is 72.8 Å². The van der Waals surface area contributed by atoms with Crippen molar-refractivity contribution in [3.63, 3.8) is 0 Å². The van der Waals surface area contributed by atoms with Gasteiger partial charge < -0.3 is 0 Å². The molecule has 3 aromatic carbocycles. The first-order chi connectivity index (χ1) is 11.8. The van der Waals surface area contributed by atoms with Crippen LogP contribution in [0.5, 0.6) is 0 Å². The van der Waals surface area contributed by atoms with Crippen LogP contribution in [-0.4, -0.2) is 9.36 Å². The van der Waals surface area contributed by atoms with Crippen LogP contribution in [0.3, 0.4) is 0 Å². The SMILES string of the molecule is O=c1c2ccccc2n(Cc2ccccc2)n1Cc1ccccc1. The van der Waals surface area contributed by atoms with Crippen molar-refractivity contribution in [3.8, 4) is 0 Å². The number of hydrogen-bond donors (Lipinski definition) is 0. The smallest absolute Gasteiger partial charge is 0.274 e. The normalized spacial score (nSPS) is 11.0. The van der Waals surface area contributed by atoms with E-state index >= 15 is 0 Å². The number of rotatable bonds is 4. The van der Waals surface area contributed by atoms with E-state index in [9.17, 15) is 4.79 Å². The van der Waals surface area contributed by atoms with Crippen molar-refractivity contribution in [1.29, 1.82) is 0 Å². The predicted octanol–water partition coefficient (Wildman–Crippen LogP) is 3.90. The van der Waals surface area contributed by atoms with Gasteiger partial charge in [0, 0.05) is 0 Å². The minimum Gasteiger partial charge on any atom is -0.277 e. The molecule has 3 heteroatoms. The van der Waals surface area contributed by atoms with Crippen LogP contribution in [0.25, 0.3) is 10.9 Å². The van der Waals surface area contributed by atoms with Crippen molar-refractivity contribution in [2.24, 2.45) is 0 Å². The zero-order valence-corrected chi connectivity index (χ0v) is 13.3. The van der Waals surface area contributed by atoms with Crippen LogP contribution in [0.4, 0.5) is 0 Å². The lowest BCUT2D eigenvalue weighted by Gasteiger charge is -2.13. The number of aromatic nitrogens is 2. The minimum absolute atomic E-state index is 0.0605. The largest absolute Gasteiger partial charge is 0.277 e. The first kappa shape index (κ1) is 14.5. The highest BCUT2D eigenvalue weighted by Gasteiger charge is 2.13. The van der Waals surface area contributed by atoms with Crippen LogP contribution in [0, 0.1) is 0 Å². The molecule has 0 N–H and O–H groups in total. The van der Waals surface area contributed by atoms with Gasteiger partial charge in [0.25, 0.3) is 5.56 Å². The second-order valence-electron chi connectivity index (χ2n) is 5.91. The van der Waals surface area contributed by atoms with Gasteiger partial charge in [-0.2, -0.15) is 0 Å². The van der Waals surface area contributed by atoms with E-state index in [1.807, 2.05) is 65.3 Å². The zero-order chi connectivity index (χ0) is 16.4. The Bertz CT molecular complexity index is 1010. The molecule has 1 aromatic heterocycles. The Morgan fingerprint density at radius 2 is 1.08 bits per heavy atom.